The highest BCUT2D eigenvalue weighted by molar-refractivity contribution is 6.30. The summed E-state index contributed by atoms with van der Waals surface area (Å²) in [4.78, 5) is 41.1. The number of rotatable bonds is 5. The summed E-state index contributed by atoms with van der Waals surface area (Å²) in [7, 11) is 0. The molecule has 2 N–H and O–H groups in total. The molecule has 0 aliphatic heterocycles. The van der Waals surface area contributed by atoms with E-state index in [0.717, 1.165) is 0 Å². The second kappa shape index (κ2) is 7.96. The summed E-state index contributed by atoms with van der Waals surface area (Å²) in [5.74, 6) is -1.75. The van der Waals surface area contributed by atoms with E-state index >= 15 is 0 Å². The lowest BCUT2D eigenvalue weighted by atomic mass is 10.1. The lowest BCUT2D eigenvalue weighted by Crippen LogP contribution is -2.28. The average Bonchev–Trinajstić information content (AvgIpc) is 3.45. The molecular formula is C22H18ClFN4O3. The number of carbonyl (C=O) groups excluding carboxylic acids is 2. The van der Waals surface area contributed by atoms with Crippen molar-refractivity contribution in [2.75, 3.05) is 10.6 Å². The summed E-state index contributed by atoms with van der Waals surface area (Å²) in [6.07, 6.45) is 3.27. The third-order valence-corrected chi connectivity index (χ3v) is 5.58. The Kier molecular flexibility index (Phi) is 5.32. The van der Waals surface area contributed by atoms with E-state index < -0.39 is 23.1 Å². The normalized spacial score (nSPS) is 19.5. The number of nitrogens with one attached hydrogen (secondary N) is 2. The predicted octanol–water partition coefficient (Wildman–Crippen LogP) is 3.63. The van der Waals surface area contributed by atoms with Crippen LogP contribution in [0.25, 0.3) is 5.69 Å². The van der Waals surface area contributed by atoms with E-state index in [4.69, 9.17) is 11.6 Å². The van der Waals surface area contributed by atoms with Crippen molar-refractivity contribution in [1.82, 2.24) is 9.55 Å². The van der Waals surface area contributed by atoms with Gasteiger partial charge in [-0.2, -0.15) is 0 Å². The lowest BCUT2D eigenvalue weighted by Gasteiger charge is -2.13. The first kappa shape index (κ1) is 20.7. The molecule has 0 radical (unpaired) electrons. The fourth-order valence-electron chi connectivity index (χ4n) is 3.32. The van der Waals surface area contributed by atoms with Crippen molar-refractivity contribution in [3.05, 3.63) is 82.1 Å². The summed E-state index contributed by atoms with van der Waals surface area (Å²) >= 11 is 5.78. The molecule has 1 aliphatic rings. The van der Waals surface area contributed by atoms with E-state index in [1.54, 1.807) is 31.2 Å². The first-order valence-electron chi connectivity index (χ1n) is 9.49. The molecule has 3 aromatic rings. The minimum absolute atomic E-state index is 0.0215. The maximum Gasteiger partial charge on any atom is 0.255 e. The highest BCUT2D eigenvalue weighted by atomic mass is 35.5. The number of hydrogen-bond donors (Lipinski definition) is 2. The number of nitrogens with zero attached hydrogens (tertiary/aromatic N) is 2. The number of benzene rings is 1. The second-order valence-corrected chi connectivity index (χ2v) is 7.99. The molecule has 1 aliphatic carbocycles. The van der Waals surface area contributed by atoms with Crippen molar-refractivity contribution in [3.63, 3.8) is 0 Å². The molecule has 4 rings (SSSR count). The molecule has 7 nitrogen and oxygen atoms in total. The summed E-state index contributed by atoms with van der Waals surface area (Å²) in [5, 5.41) is 5.64. The molecule has 1 saturated carbocycles. The number of aromatic nitrogens is 2. The van der Waals surface area contributed by atoms with Gasteiger partial charge in [0.25, 0.3) is 5.56 Å². The van der Waals surface area contributed by atoms with Crippen molar-refractivity contribution >= 4 is 34.9 Å². The van der Waals surface area contributed by atoms with Crippen molar-refractivity contribution in [3.8, 4) is 5.69 Å². The zero-order chi connectivity index (χ0) is 22.2. The van der Waals surface area contributed by atoms with Gasteiger partial charge in [-0.3, -0.25) is 19.0 Å². The Balaban J connectivity index is 1.43. The van der Waals surface area contributed by atoms with E-state index in [2.05, 4.69) is 15.6 Å². The predicted molar refractivity (Wildman–Crippen MR) is 115 cm³/mol. The van der Waals surface area contributed by atoms with Crippen LogP contribution in [0.5, 0.6) is 0 Å². The van der Waals surface area contributed by atoms with Crippen LogP contribution in [-0.4, -0.2) is 21.4 Å². The van der Waals surface area contributed by atoms with Crippen LogP contribution in [0.2, 0.25) is 5.02 Å². The zero-order valence-electron chi connectivity index (χ0n) is 16.4. The van der Waals surface area contributed by atoms with Crippen LogP contribution in [-0.2, 0) is 9.59 Å². The second-order valence-electron chi connectivity index (χ2n) is 7.55. The summed E-state index contributed by atoms with van der Waals surface area (Å²) in [6, 6.07) is 11.9. The van der Waals surface area contributed by atoms with Gasteiger partial charge in [0, 0.05) is 24.5 Å². The molecule has 2 aromatic heterocycles. The molecule has 2 heterocycles. The molecule has 2 amide bonds. The van der Waals surface area contributed by atoms with Gasteiger partial charge in [-0.05, 0) is 43.7 Å². The number of halogens is 2. The van der Waals surface area contributed by atoms with Crippen LogP contribution >= 0.6 is 11.6 Å². The van der Waals surface area contributed by atoms with E-state index in [0.29, 0.717) is 22.9 Å². The standard InChI is InChI=1S/C22H18ClFN4O3/c1-22(21(31)27-18-8-5-13(23)12-25-18)11-15(22)20(30)26-17-7-6-14(10-16(17)24)28-9-3-2-4-19(28)29/h2-10,12,15H,11H2,1H3,(H,26,30)(H,25,27,31). The number of pyridine rings is 2. The first-order valence-corrected chi connectivity index (χ1v) is 9.87. The molecule has 0 spiro atoms. The Morgan fingerprint density at radius 3 is 2.68 bits per heavy atom. The number of anilines is 2. The van der Waals surface area contributed by atoms with Crippen LogP contribution in [0.1, 0.15) is 13.3 Å². The van der Waals surface area contributed by atoms with Crippen LogP contribution in [0.15, 0.2) is 65.7 Å². The van der Waals surface area contributed by atoms with Gasteiger partial charge in [-0.15, -0.1) is 0 Å². The van der Waals surface area contributed by atoms with Gasteiger partial charge in [0.05, 0.1) is 27.7 Å². The zero-order valence-corrected chi connectivity index (χ0v) is 17.2. The third kappa shape index (κ3) is 4.20. The highest BCUT2D eigenvalue weighted by Gasteiger charge is 2.60. The minimum atomic E-state index is -0.917. The molecule has 2 atom stereocenters. The van der Waals surface area contributed by atoms with Gasteiger partial charge >= 0.3 is 0 Å². The van der Waals surface area contributed by atoms with Gasteiger partial charge in [0.1, 0.15) is 11.6 Å². The van der Waals surface area contributed by atoms with Crippen LogP contribution in [0.3, 0.4) is 0 Å². The highest BCUT2D eigenvalue weighted by Crippen LogP contribution is 2.53. The monoisotopic (exact) mass is 440 g/mol. The van der Waals surface area contributed by atoms with Gasteiger partial charge < -0.3 is 10.6 Å². The van der Waals surface area contributed by atoms with Gasteiger partial charge in [-0.1, -0.05) is 17.7 Å². The lowest BCUT2D eigenvalue weighted by molar-refractivity contribution is -0.125. The smallest absolute Gasteiger partial charge is 0.255 e. The molecule has 1 aromatic carbocycles. The molecule has 1 fully saturated rings. The Hall–Kier alpha value is -3.52. The molecule has 9 heteroatoms. The van der Waals surface area contributed by atoms with Crippen molar-refractivity contribution in [2.45, 2.75) is 13.3 Å². The fourth-order valence-corrected chi connectivity index (χ4v) is 3.43. The molecular weight excluding hydrogens is 423 g/mol. The Bertz CT molecular complexity index is 1230. The molecule has 0 bridgehead atoms. The topological polar surface area (TPSA) is 93.1 Å². The van der Waals surface area contributed by atoms with Crippen molar-refractivity contribution < 1.29 is 14.0 Å². The Morgan fingerprint density at radius 1 is 1.19 bits per heavy atom. The molecule has 31 heavy (non-hydrogen) atoms. The van der Waals surface area contributed by atoms with Gasteiger partial charge in [0.2, 0.25) is 11.8 Å². The summed E-state index contributed by atoms with van der Waals surface area (Å²) in [6.45, 7) is 1.67. The summed E-state index contributed by atoms with van der Waals surface area (Å²) < 4.78 is 15.8. The maximum atomic E-state index is 14.6. The van der Waals surface area contributed by atoms with Crippen molar-refractivity contribution in [2.24, 2.45) is 11.3 Å². The average molecular weight is 441 g/mol. The maximum absolute atomic E-state index is 14.6. The minimum Gasteiger partial charge on any atom is -0.323 e. The largest absolute Gasteiger partial charge is 0.323 e. The van der Waals surface area contributed by atoms with E-state index in [-0.39, 0.29) is 17.2 Å². The Labute approximate surface area is 181 Å². The van der Waals surface area contributed by atoms with Gasteiger partial charge in [-0.25, -0.2) is 9.37 Å². The van der Waals surface area contributed by atoms with Gasteiger partial charge in [0.15, 0.2) is 0 Å². The van der Waals surface area contributed by atoms with E-state index in [1.807, 2.05) is 0 Å². The van der Waals surface area contributed by atoms with E-state index in [1.165, 1.54) is 41.2 Å². The van der Waals surface area contributed by atoms with E-state index in [9.17, 15) is 18.8 Å². The number of carbonyl (C=O) groups is 2. The first-order chi connectivity index (χ1) is 14.8. The quantitative estimate of drug-likeness (QED) is 0.633. The third-order valence-electron chi connectivity index (χ3n) is 5.35. The van der Waals surface area contributed by atoms with Crippen LogP contribution < -0.4 is 16.2 Å². The molecule has 0 saturated heterocycles. The van der Waals surface area contributed by atoms with Crippen LogP contribution in [0, 0.1) is 17.2 Å². The fraction of sp³-hybridized carbons (Fsp3) is 0.182. The Morgan fingerprint density at radius 2 is 2.00 bits per heavy atom. The van der Waals surface area contributed by atoms with Crippen LogP contribution in [0.4, 0.5) is 15.9 Å². The molecule has 158 valence electrons. The number of amides is 2. The SMILES string of the molecule is CC1(C(=O)Nc2ccc(Cl)cn2)CC1C(=O)Nc1ccc(-n2ccccc2=O)cc1F. The molecule has 2 unspecified atom stereocenters. The van der Waals surface area contributed by atoms with Crippen molar-refractivity contribution in [1.29, 1.82) is 0 Å². The number of hydrogen-bond acceptors (Lipinski definition) is 4. The summed E-state index contributed by atoms with van der Waals surface area (Å²) in [5.41, 5.74) is -0.897.